The summed E-state index contributed by atoms with van der Waals surface area (Å²) < 4.78 is 29.7. The standard InChI is InChI=1S/C30H39ClN2O4S/c1-2-37-26-18-15-23(31)19-25(26)33-29(34)28-27(20-13-16-24(17-14-20)38(32,35)36)30(28,21-9-5-3-6-10-21)22-11-7-4-8-12-22/h13-19,21-22,27-28H,2-12H2,1H3,(H,33,34)(H2,32,35,36). The van der Waals surface area contributed by atoms with Crippen LogP contribution in [0, 0.1) is 23.2 Å². The Balaban J connectivity index is 1.56. The van der Waals surface area contributed by atoms with Crippen LogP contribution in [0.15, 0.2) is 47.4 Å². The fourth-order valence-electron chi connectivity index (χ4n) is 7.80. The first-order chi connectivity index (χ1) is 18.3. The molecule has 2 atom stereocenters. The van der Waals surface area contributed by atoms with Crippen molar-refractivity contribution in [2.24, 2.45) is 28.3 Å². The van der Waals surface area contributed by atoms with Gasteiger partial charge in [0.2, 0.25) is 15.9 Å². The Labute approximate surface area is 231 Å². The van der Waals surface area contributed by atoms with Gasteiger partial charge in [-0.05, 0) is 85.8 Å². The number of hydrogen-bond acceptors (Lipinski definition) is 4. The highest BCUT2D eigenvalue weighted by atomic mass is 35.5. The van der Waals surface area contributed by atoms with Gasteiger partial charge in [-0.1, -0.05) is 62.3 Å². The molecule has 5 rings (SSSR count). The number of nitrogens with two attached hydrogens (primary N) is 1. The summed E-state index contributed by atoms with van der Waals surface area (Å²) >= 11 is 6.31. The van der Waals surface area contributed by atoms with Crippen molar-refractivity contribution in [3.05, 3.63) is 53.1 Å². The maximum absolute atomic E-state index is 14.2. The van der Waals surface area contributed by atoms with Gasteiger partial charge in [0.25, 0.3) is 0 Å². The lowest BCUT2D eigenvalue weighted by atomic mass is 9.64. The first-order valence-electron chi connectivity index (χ1n) is 14.1. The third-order valence-corrected chi connectivity index (χ3v) is 10.4. The second kappa shape index (κ2) is 11.2. The van der Waals surface area contributed by atoms with E-state index in [1.807, 2.05) is 19.1 Å². The summed E-state index contributed by atoms with van der Waals surface area (Å²) in [5.41, 5.74) is 1.50. The van der Waals surface area contributed by atoms with Gasteiger partial charge < -0.3 is 10.1 Å². The van der Waals surface area contributed by atoms with Gasteiger partial charge in [-0.15, -0.1) is 0 Å². The molecule has 206 valence electrons. The maximum atomic E-state index is 14.2. The van der Waals surface area contributed by atoms with Crippen molar-refractivity contribution in [3.8, 4) is 5.75 Å². The molecule has 38 heavy (non-hydrogen) atoms. The van der Waals surface area contributed by atoms with E-state index in [2.05, 4.69) is 5.32 Å². The Hall–Kier alpha value is -2.09. The second-order valence-electron chi connectivity index (χ2n) is 11.3. The van der Waals surface area contributed by atoms with Gasteiger partial charge in [-0.3, -0.25) is 4.79 Å². The topological polar surface area (TPSA) is 98.5 Å². The van der Waals surface area contributed by atoms with Crippen LogP contribution in [0.2, 0.25) is 5.02 Å². The molecule has 2 unspecified atom stereocenters. The highest BCUT2D eigenvalue weighted by Crippen LogP contribution is 2.76. The number of primary sulfonamides is 1. The van der Waals surface area contributed by atoms with E-state index in [-0.39, 0.29) is 28.1 Å². The largest absolute Gasteiger partial charge is 0.492 e. The van der Waals surface area contributed by atoms with Crippen molar-refractivity contribution in [2.75, 3.05) is 11.9 Å². The number of hydrogen-bond donors (Lipinski definition) is 2. The molecule has 3 aliphatic carbocycles. The molecule has 3 N–H and O–H groups in total. The number of ether oxygens (including phenoxy) is 1. The lowest BCUT2D eigenvalue weighted by Gasteiger charge is -2.40. The minimum Gasteiger partial charge on any atom is -0.492 e. The number of anilines is 1. The minimum atomic E-state index is -3.79. The van der Waals surface area contributed by atoms with E-state index in [4.69, 9.17) is 21.5 Å². The fourth-order valence-corrected chi connectivity index (χ4v) is 8.48. The molecule has 0 saturated heterocycles. The van der Waals surface area contributed by atoms with Crippen molar-refractivity contribution in [3.63, 3.8) is 0 Å². The number of sulfonamides is 1. The predicted octanol–water partition coefficient (Wildman–Crippen LogP) is 6.89. The summed E-state index contributed by atoms with van der Waals surface area (Å²) in [4.78, 5) is 14.3. The number of nitrogens with one attached hydrogen (secondary N) is 1. The first-order valence-corrected chi connectivity index (χ1v) is 16.0. The molecule has 3 saturated carbocycles. The van der Waals surface area contributed by atoms with E-state index in [9.17, 15) is 13.2 Å². The molecule has 0 bridgehead atoms. The monoisotopic (exact) mass is 558 g/mol. The Morgan fingerprint density at radius 3 is 2.08 bits per heavy atom. The number of rotatable bonds is 8. The van der Waals surface area contributed by atoms with Gasteiger partial charge in [0.05, 0.1) is 23.1 Å². The molecule has 8 heteroatoms. The zero-order valence-electron chi connectivity index (χ0n) is 22.1. The summed E-state index contributed by atoms with van der Waals surface area (Å²) in [7, 11) is -3.79. The van der Waals surface area contributed by atoms with E-state index >= 15 is 0 Å². The Morgan fingerprint density at radius 1 is 0.974 bits per heavy atom. The summed E-state index contributed by atoms with van der Waals surface area (Å²) in [6, 6.07) is 12.3. The molecule has 2 aromatic rings. The zero-order valence-corrected chi connectivity index (χ0v) is 23.7. The van der Waals surface area contributed by atoms with Crippen LogP contribution in [0.5, 0.6) is 5.75 Å². The van der Waals surface area contributed by atoms with Crippen molar-refractivity contribution in [1.29, 1.82) is 0 Å². The quantitative estimate of drug-likeness (QED) is 0.368. The van der Waals surface area contributed by atoms with Gasteiger partial charge in [0, 0.05) is 10.9 Å². The van der Waals surface area contributed by atoms with Crippen LogP contribution < -0.4 is 15.2 Å². The van der Waals surface area contributed by atoms with Crippen molar-refractivity contribution in [1.82, 2.24) is 0 Å². The summed E-state index contributed by atoms with van der Waals surface area (Å²) in [5, 5.41) is 9.13. The van der Waals surface area contributed by atoms with Crippen LogP contribution in [0.3, 0.4) is 0 Å². The molecule has 0 spiro atoms. The molecule has 0 aromatic heterocycles. The average molecular weight is 559 g/mol. The fraction of sp³-hybridized carbons (Fsp3) is 0.567. The van der Waals surface area contributed by atoms with Crippen LogP contribution in [0.4, 0.5) is 5.69 Å². The Kier molecular flexibility index (Phi) is 8.09. The molecule has 0 radical (unpaired) electrons. The van der Waals surface area contributed by atoms with E-state index in [1.54, 1.807) is 30.3 Å². The minimum absolute atomic E-state index is 0.00453. The van der Waals surface area contributed by atoms with Gasteiger partial charge in [-0.25, -0.2) is 13.6 Å². The predicted molar refractivity (Wildman–Crippen MR) is 151 cm³/mol. The Bertz CT molecular complexity index is 1230. The molecular weight excluding hydrogens is 520 g/mol. The normalized spacial score (nSPS) is 24.1. The van der Waals surface area contributed by atoms with Crippen molar-refractivity contribution >= 4 is 33.2 Å². The highest BCUT2D eigenvalue weighted by molar-refractivity contribution is 7.89. The second-order valence-corrected chi connectivity index (χ2v) is 13.3. The van der Waals surface area contributed by atoms with Crippen LogP contribution in [-0.2, 0) is 14.8 Å². The molecule has 0 aliphatic heterocycles. The van der Waals surface area contributed by atoms with Gasteiger partial charge in [-0.2, -0.15) is 0 Å². The number of halogens is 1. The highest BCUT2D eigenvalue weighted by Gasteiger charge is 2.73. The van der Waals surface area contributed by atoms with Gasteiger partial charge in [0.15, 0.2) is 0 Å². The number of benzene rings is 2. The molecule has 6 nitrogen and oxygen atoms in total. The number of amides is 1. The smallest absolute Gasteiger partial charge is 0.238 e. The zero-order chi connectivity index (χ0) is 26.9. The average Bonchev–Trinajstić information content (AvgIpc) is 3.62. The van der Waals surface area contributed by atoms with Crippen LogP contribution in [0.1, 0.15) is 82.6 Å². The lowest BCUT2D eigenvalue weighted by Crippen LogP contribution is -2.34. The van der Waals surface area contributed by atoms with E-state index < -0.39 is 10.0 Å². The lowest BCUT2D eigenvalue weighted by molar-refractivity contribution is -0.119. The van der Waals surface area contributed by atoms with Gasteiger partial charge >= 0.3 is 0 Å². The SMILES string of the molecule is CCOc1ccc(Cl)cc1NC(=O)C1C(c2ccc(S(N)(=O)=O)cc2)C1(C1CCCCC1)C1CCCCC1. The van der Waals surface area contributed by atoms with Gasteiger partial charge in [0.1, 0.15) is 5.75 Å². The summed E-state index contributed by atoms with van der Waals surface area (Å²) in [6.07, 6.45) is 11.9. The number of carbonyl (C=O) groups is 1. The van der Waals surface area contributed by atoms with Crippen molar-refractivity contribution in [2.45, 2.75) is 81.9 Å². The van der Waals surface area contributed by atoms with Crippen LogP contribution in [0.25, 0.3) is 0 Å². The Morgan fingerprint density at radius 2 is 1.55 bits per heavy atom. The maximum Gasteiger partial charge on any atom is 0.238 e. The third kappa shape index (κ3) is 5.22. The van der Waals surface area contributed by atoms with E-state index in [0.29, 0.717) is 34.9 Å². The number of carbonyl (C=O) groups excluding carboxylic acids is 1. The first kappa shape index (κ1) is 27.5. The van der Waals surface area contributed by atoms with Crippen molar-refractivity contribution < 1.29 is 17.9 Å². The molecule has 2 aromatic carbocycles. The van der Waals surface area contributed by atoms with Crippen LogP contribution in [-0.4, -0.2) is 20.9 Å². The third-order valence-electron chi connectivity index (χ3n) is 9.28. The summed E-state index contributed by atoms with van der Waals surface area (Å²) in [5.74, 6) is 1.42. The molecule has 1 amide bonds. The summed E-state index contributed by atoms with van der Waals surface area (Å²) in [6.45, 7) is 2.40. The molecular formula is C30H39ClN2O4S. The molecule has 3 fully saturated rings. The van der Waals surface area contributed by atoms with E-state index in [0.717, 1.165) is 31.2 Å². The molecule has 0 heterocycles. The molecule has 3 aliphatic rings. The van der Waals surface area contributed by atoms with Crippen LogP contribution >= 0.6 is 11.6 Å². The van der Waals surface area contributed by atoms with E-state index in [1.165, 1.54) is 38.5 Å².